The predicted molar refractivity (Wildman–Crippen MR) is 104 cm³/mol. The molecular formula is C22H24O5. The highest BCUT2D eigenvalue weighted by molar-refractivity contribution is 5.95. The Morgan fingerprint density at radius 2 is 1.30 bits per heavy atom. The Labute approximate surface area is 159 Å². The zero-order valence-electron chi connectivity index (χ0n) is 15.9. The molecule has 2 aromatic carbocycles. The number of aldehydes is 1. The molecular weight excluding hydrogens is 344 g/mol. The molecule has 5 heteroatoms. The molecule has 0 unspecified atom stereocenters. The Morgan fingerprint density at radius 1 is 0.815 bits per heavy atom. The number of carbonyl (C=O) groups is 2. The minimum absolute atomic E-state index is 0.270. The normalized spacial score (nSPS) is 10.0. The number of hydrogen-bond donors (Lipinski definition) is 0. The molecule has 2 aromatic rings. The molecule has 27 heavy (non-hydrogen) atoms. The van der Waals surface area contributed by atoms with Crippen molar-refractivity contribution in [1.29, 1.82) is 0 Å². The molecule has 0 heterocycles. The van der Waals surface area contributed by atoms with Crippen molar-refractivity contribution in [2.45, 2.75) is 19.3 Å². The fraction of sp³-hybridized carbons (Fsp3) is 0.273. The molecule has 0 radical (unpaired) electrons. The van der Waals surface area contributed by atoms with Crippen LogP contribution in [0.4, 0.5) is 0 Å². The molecule has 0 amide bonds. The fourth-order valence-corrected chi connectivity index (χ4v) is 2.82. The van der Waals surface area contributed by atoms with Gasteiger partial charge in [0.05, 0.1) is 21.3 Å². The van der Waals surface area contributed by atoms with Gasteiger partial charge in [-0.15, -0.1) is 0 Å². The van der Waals surface area contributed by atoms with Gasteiger partial charge in [-0.25, -0.2) is 0 Å². The summed E-state index contributed by atoms with van der Waals surface area (Å²) in [6.07, 6.45) is 2.15. The maximum Gasteiger partial charge on any atom is 0.305 e. The van der Waals surface area contributed by atoms with Crippen LogP contribution in [0.15, 0.2) is 54.1 Å². The van der Waals surface area contributed by atoms with Gasteiger partial charge in [0.1, 0.15) is 17.8 Å². The third-order valence-corrected chi connectivity index (χ3v) is 4.28. The van der Waals surface area contributed by atoms with E-state index in [1.807, 2.05) is 48.5 Å². The van der Waals surface area contributed by atoms with E-state index in [0.29, 0.717) is 18.4 Å². The van der Waals surface area contributed by atoms with E-state index in [9.17, 15) is 9.59 Å². The number of esters is 1. The van der Waals surface area contributed by atoms with E-state index in [2.05, 4.69) is 4.74 Å². The van der Waals surface area contributed by atoms with Gasteiger partial charge in [-0.2, -0.15) is 0 Å². The molecule has 0 bridgehead atoms. The number of hydrogen-bond acceptors (Lipinski definition) is 5. The Kier molecular flexibility index (Phi) is 7.62. The Morgan fingerprint density at radius 3 is 1.67 bits per heavy atom. The van der Waals surface area contributed by atoms with Gasteiger partial charge >= 0.3 is 5.97 Å². The molecule has 5 nitrogen and oxygen atoms in total. The molecule has 2 rings (SSSR count). The van der Waals surface area contributed by atoms with Crippen LogP contribution in [0.2, 0.25) is 0 Å². The third-order valence-electron chi connectivity index (χ3n) is 4.28. The van der Waals surface area contributed by atoms with E-state index in [1.165, 1.54) is 7.11 Å². The number of benzene rings is 2. The summed E-state index contributed by atoms with van der Waals surface area (Å²) in [5, 5.41) is 0. The van der Waals surface area contributed by atoms with Crippen molar-refractivity contribution >= 4 is 17.8 Å². The first kappa shape index (κ1) is 20.2. The van der Waals surface area contributed by atoms with Crippen molar-refractivity contribution in [3.05, 3.63) is 65.2 Å². The monoisotopic (exact) mass is 368 g/mol. The van der Waals surface area contributed by atoms with E-state index >= 15 is 0 Å². The second kappa shape index (κ2) is 10.2. The molecule has 0 aliphatic heterocycles. The zero-order valence-corrected chi connectivity index (χ0v) is 15.9. The van der Waals surface area contributed by atoms with Crippen LogP contribution in [0.3, 0.4) is 0 Å². The van der Waals surface area contributed by atoms with Gasteiger partial charge in [0.25, 0.3) is 0 Å². The van der Waals surface area contributed by atoms with E-state index in [4.69, 9.17) is 9.47 Å². The van der Waals surface area contributed by atoms with Crippen molar-refractivity contribution in [3.63, 3.8) is 0 Å². The molecule has 0 N–H and O–H groups in total. The van der Waals surface area contributed by atoms with Gasteiger partial charge in [0, 0.05) is 12.0 Å². The molecule has 0 aliphatic carbocycles. The highest BCUT2D eigenvalue weighted by Crippen LogP contribution is 2.31. The molecule has 0 fully saturated rings. The Hall–Kier alpha value is -3.08. The largest absolute Gasteiger partial charge is 0.497 e. The zero-order chi connectivity index (χ0) is 19.6. The maximum atomic E-state index is 11.9. The van der Waals surface area contributed by atoms with E-state index < -0.39 is 0 Å². The summed E-state index contributed by atoms with van der Waals surface area (Å²) in [6.45, 7) is 0. The van der Waals surface area contributed by atoms with Crippen LogP contribution in [0.25, 0.3) is 5.57 Å². The number of carbonyl (C=O) groups excluding carboxylic acids is 2. The topological polar surface area (TPSA) is 61.8 Å². The van der Waals surface area contributed by atoms with E-state index in [0.717, 1.165) is 34.5 Å². The van der Waals surface area contributed by atoms with Crippen molar-refractivity contribution in [2.75, 3.05) is 21.3 Å². The van der Waals surface area contributed by atoms with Crippen LogP contribution in [-0.2, 0) is 14.3 Å². The quantitative estimate of drug-likeness (QED) is 0.380. The average molecular weight is 368 g/mol. The first-order valence-corrected chi connectivity index (χ1v) is 8.67. The highest BCUT2D eigenvalue weighted by atomic mass is 16.5. The van der Waals surface area contributed by atoms with E-state index in [1.54, 1.807) is 14.2 Å². The van der Waals surface area contributed by atoms with Crippen molar-refractivity contribution in [1.82, 2.24) is 0 Å². The minimum atomic E-state index is -0.282. The summed E-state index contributed by atoms with van der Waals surface area (Å²) in [6, 6.07) is 15.1. The highest BCUT2D eigenvalue weighted by Gasteiger charge is 2.13. The average Bonchev–Trinajstić information content (AvgIpc) is 2.73. The molecule has 0 aliphatic rings. The number of ether oxygens (including phenoxy) is 3. The van der Waals surface area contributed by atoms with Gasteiger partial charge in [-0.1, -0.05) is 24.3 Å². The maximum absolute atomic E-state index is 11.9. The lowest BCUT2D eigenvalue weighted by molar-refractivity contribution is -0.140. The SMILES string of the molecule is COC(=O)CCCC(C=O)=C(c1ccc(OC)cc1)c1ccc(OC)cc1. The summed E-state index contributed by atoms with van der Waals surface area (Å²) in [7, 11) is 4.58. The van der Waals surface area contributed by atoms with Gasteiger partial charge in [-0.3, -0.25) is 9.59 Å². The first-order chi connectivity index (χ1) is 13.1. The Balaban J connectivity index is 2.44. The van der Waals surface area contributed by atoms with Gasteiger partial charge < -0.3 is 14.2 Å². The number of methoxy groups -OCH3 is 3. The molecule has 0 aromatic heterocycles. The van der Waals surface area contributed by atoms with Crippen LogP contribution in [0, 0.1) is 0 Å². The smallest absolute Gasteiger partial charge is 0.305 e. The van der Waals surface area contributed by atoms with Crippen LogP contribution >= 0.6 is 0 Å². The van der Waals surface area contributed by atoms with Crippen LogP contribution in [0.5, 0.6) is 11.5 Å². The lowest BCUT2D eigenvalue weighted by Crippen LogP contribution is -2.02. The van der Waals surface area contributed by atoms with Crippen LogP contribution in [0.1, 0.15) is 30.4 Å². The third kappa shape index (κ3) is 5.45. The van der Waals surface area contributed by atoms with Crippen LogP contribution in [-0.4, -0.2) is 33.6 Å². The second-order valence-electron chi connectivity index (χ2n) is 5.90. The summed E-state index contributed by atoms with van der Waals surface area (Å²) in [4.78, 5) is 23.2. The summed E-state index contributed by atoms with van der Waals surface area (Å²) >= 11 is 0. The molecule has 0 saturated carbocycles. The molecule has 0 atom stereocenters. The summed E-state index contributed by atoms with van der Waals surface area (Å²) < 4.78 is 15.1. The van der Waals surface area contributed by atoms with Gasteiger partial charge in [-0.05, 0) is 53.8 Å². The molecule has 0 spiro atoms. The van der Waals surface area contributed by atoms with Gasteiger partial charge in [0.15, 0.2) is 0 Å². The summed E-state index contributed by atoms with van der Waals surface area (Å²) in [5.74, 6) is 1.20. The van der Waals surface area contributed by atoms with Crippen molar-refractivity contribution < 1.29 is 23.8 Å². The van der Waals surface area contributed by atoms with Crippen molar-refractivity contribution in [2.24, 2.45) is 0 Å². The Bertz CT molecular complexity index is 739. The minimum Gasteiger partial charge on any atom is -0.497 e. The second-order valence-corrected chi connectivity index (χ2v) is 5.90. The molecule has 0 saturated heterocycles. The fourth-order valence-electron chi connectivity index (χ4n) is 2.82. The number of allylic oxidation sites excluding steroid dienone is 1. The standard InChI is InChI=1S/C22H24O5/c1-25-19-11-7-16(8-12-19)22(17-9-13-20(26-2)14-10-17)18(15-23)5-4-6-21(24)27-3/h7-15H,4-6H2,1-3H3. The van der Waals surface area contributed by atoms with Gasteiger partial charge in [0.2, 0.25) is 0 Å². The summed E-state index contributed by atoms with van der Waals surface area (Å²) in [5.41, 5.74) is 3.27. The predicted octanol–water partition coefficient (Wildman–Crippen LogP) is 4.05. The van der Waals surface area contributed by atoms with E-state index in [-0.39, 0.29) is 12.4 Å². The number of rotatable bonds is 9. The van der Waals surface area contributed by atoms with Crippen LogP contribution < -0.4 is 9.47 Å². The first-order valence-electron chi connectivity index (χ1n) is 8.67. The van der Waals surface area contributed by atoms with Crippen molar-refractivity contribution in [3.8, 4) is 11.5 Å². The lowest BCUT2D eigenvalue weighted by Gasteiger charge is -2.14. The molecule has 142 valence electrons. The lowest BCUT2D eigenvalue weighted by atomic mass is 9.91.